The van der Waals surface area contributed by atoms with Gasteiger partial charge in [-0.05, 0) is 12.8 Å². The summed E-state index contributed by atoms with van der Waals surface area (Å²) in [6.07, 6.45) is 1.96. The first kappa shape index (κ1) is 10.6. The molecule has 0 unspecified atom stereocenters. The second-order valence-electron chi connectivity index (χ2n) is 2.61. The number of carbonyl (C=O) groups excluding carboxylic acids is 2. The minimum absolute atomic E-state index is 0.0920. The molecular formula is C8H9N2O3S-. The minimum atomic E-state index is -1.13. The van der Waals surface area contributed by atoms with Gasteiger partial charge in [0.25, 0.3) is 0 Å². The normalized spacial score (nSPS) is 9.71. The Bertz CT molecular complexity index is 310. The SMILES string of the molecule is O=C([O-])CCCC(=O)Nc1nccs1. The number of nitrogens with one attached hydrogen (secondary N) is 1. The highest BCUT2D eigenvalue weighted by Crippen LogP contribution is 2.10. The maximum atomic E-state index is 11.1. The monoisotopic (exact) mass is 213 g/mol. The van der Waals surface area contributed by atoms with Crippen LogP contribution < -0.4 is 10.4 Å². The summed E-state index contributed by atoms with van der Waals surface area (Å²) in [7, 11) is 0. The molecule has 0 bridgehead atoms. The van der Waals surface area contributed by atoms with Crippen LogP contribution in [-0.2, 0) is 9.59 Å². The summed E-state index contributed by atoms with van der Waals surface area (Å²) < 4.78 is 0. The van der Waals surface area contributed by atoms with Crippen molar-refractivity contribution in [1.82, 2.24) is 4.98 Å². The number of hydrogen-bond donors (Lipinski definition) is 1. The number of amides is 1. The molecule has 0 fully saturated rings. The van der Waals surface area contributed by atoms with Crippen molar-refractivity contribution in [3.8, 4) is 0 Å². The molecule has 0 aliphatic rings. The molecule has 6 heteroatoms. The molecule has 1 rings (SSSR count). The maximum Gasteiger partial charge on any atom is 0.226 e. The van der Waals surface area contributed by atoms with Crippen LogP contribution in [0.2, 0.25) is 0 Å². The number of carboxylic acids is 1. The van der Waals surface area contributed by atoms with Gasteiger partial charge in [-0.1, -0.05) is 0 Å². The van der Waals surface area contributed by atoms with Gasteiger partial charge in [-0.3, -0.25) is 4.79 Å². The number of rotatable bonds is 5. The number of anilines is 1. The van der Waals surface area contributed by atoms with Crippen molar-refractivity contribution >= 4 is 28.3 Å². The van der Waals surface area contributed by atoms with E-state index >= 15 is 0 Å². The topological polar surface area (TPSA) is 82.1 Å². The van der Waals surface area contributed by atoms with E-state index in [0.29, 0.717) is 11.6 Å². The van der Waals surface area contributed by atoms with Crippen LogP contribution in [-0.4, -0.2) is 16.9 Å². The lowest BCUT2D eigenvalue weighted by atomic mass is 10.2. The van der Waals surface area contributed by atoms with Crippen LogP contribution in [0.25, 0.3) is 0 Å². The van der Waals surface area contributed by atoms with E-state index in [9.17, 15) is 14.7 Å². The van der Waals surface area contributed by atoms with Crippen molar-refractivity contribution in [3.05, 3.63) is 11.6 Å². The molecule has 76 valence electrons. The highest BCUT2D eigenvalue weighted by Gasteiger charge is 2.03. The highest BCUT2D eigenvalue weighted by molar-refractivity contribution is 7.13. The van der Waals surface area contributed by atoms with E-state index in [4.69, 9.17) is 0 Å². The van der Waals surface area contributed by atoms with Crippen molar-refractivity contribution in [1.29, 1.82) is 0 Å². The van der Waals surface area contributed by atoms with Crippen LogP contribution in [0, 0.1) is 0 Å². The first-order chi connectivity index (χ1) is 6.68. The number of carboxylic acid groups (broad SMARTS) is 1. The van der Waals surface area contributed by atoms with Gasteiger partial charge in [0.05, 0.1) is 0 Å². The van der Waals surface area contributed by atoms with E-state index in [1.807, 2.05) is 0 Å². The number of hydrogen-bond acceptors (Lipinski definition) is 5. The fraction of sp³-hybridized carbons (Fsp3) is 0.375. The summed E-state index contributed by atoms with van der Waals surface area (Å²) in [5, 5.41) is 14.9. The van der Waals surface area contributed by atoms with Gasteiger partial charge in [-0.15, -0.1) is 11.3 Å². The third-order valence-electron chi connectivity index (χ3n) is 1.46. The van der Waals surface area contributed by atoms with Crippen LogP contribution in [0.1, 0.15) is 19.3 Å². The van der Waals surface area contributed by atoms with E-state index in [2.05, 4.69) is 10.3 Å². The summed E-state index contributed by atoms with van der Waals surface area (Å²) >= 11 is 1.32. The average molecular weight is 213 g/mol. The molecule has 0 atom stereocenters. The summed E-state index contributed by atoms with van der Waals surface area (Å²) in [6, 6.07) is 0. The first-order valence-electron chi connectivity index (χ1n) is 4.07. The Hall–Kier alpha value is -1.43. The number of aliphatic carboxylic acids is 1. The zero-order chi connectivity index (χ0) is 10.4. The van der Waals surface area contributed by atoms with Gasteiger partial charge in [0.1, 0.15) is 0 Å². The molecule has 0 spiro atoms. The molecule has 1 amide bonds. The van der Waals surface area contributed by atoms with Crippen molar-refractivity contribution < 1.29 is 14.7 Å². The van der Waals surface area contributed by atoms with Gasteiger partial charge in [0.15, 0.2) is 5.13 Å². The molecule has 0 aliphatic carbocycles. The molecule has 1 aromatic rings. The van der Waals surface area contributed by atoms with Gasteiger partial charge in [0, 0.05) is 24.0 Å². The van der Waals surface area contributed by atoms with Crippen molar-refractivity contribution in [2.45, 2.75) is 19.3 Å². The molecule has 0 radical (unpaired) electrons. The molecule has 0 saturated heterocycles. The Morgan fingerprint density at radius 2 is 2.29 bits per heavy atom. The Morgan fingerprint density at radius 1 is 1.50 bits per heavy atom. The predicted octanol–water partition coefficient (Wildman–Crippen LogP) is 0.00180. The van der Waals surface area contributed by atoms with Crippen LogP contribution in [0.3, 0.4) is 0 Å². The Morgan fingerprint density at radius 3 is 2.86 bits per heavy atom. The fourth-order valence-electron chi connectivity index (χ4n) is 0.860. The lowest BCUT2D eigenvalue weighted by Crippen LogP contribution is -2.22. The van der Waals surface area contributed by atoms with E-state index in [0.717, 1.165) is 0 Å². The highest BCUT2D eigenvalue weighted by atomic mass is 32.1. The predicted molar refractivity (Wildman–Crippen MR) is 49.6 cm³/mol. The van der Waals surface area contributed by atoms with E-state index in [-0.39, 0.29) is 18.7 Å². The second kappa shape index (κ2) is 5.33. The number of thiazole rings is 1. The van der Waals surface area contributed by atoms with Crippen LogP contribution in [0.15, 0.2) is 11.6 Å². The molecule has 1 aromatic heterocycles. The summed E-state index contributed by atoms with van der Waals surface area (Å²) in [6.45, 7) is 0. The Labute approximate surface area is 84.8 Å². The van der Waals surface area contributed by atoms with Crippen LogP contribution in [0.5, 0.6) is 0 Å². The maximum absolute atomic E-state index is 11.1. The zero-order valence-corrected chi connectivity index (χ0v) is 8.17. The molecule has 1 N–H and O–H groups in total. The quantitative estimate of drug-likeness (QED) is 0.746. The average Bonchev–Trinajstić information content (AvgIpc) is 2.56. The third-order valence-corrected chi connectivity index (χ3v) is 2.15. The van der Waals surface area contributed by atoms with Crippen molar-refractivity contribution in [2.75, 3.05) is 5.32 Å². The zero-order valence-electron chi connectivity index (χ0n) is 7.36. The largest absolute Gasteiger partial charge is 0.550 e. The van der Waals surface area contributed by atoms with Gasteiger partial charge in [-0.25, -0.2) is 4.98 Å². The standard InChI is InChI=1S/C8H10N2O3S/c11-6(2-1-3-7(12)13)10-8-9-4-5-14-8/h4-5H,1-3H2,(H,12,13)(H,9,10,11)/p-1. The molecule has 0 saturated carbocycles. The lowest BCUT2D eigenvalue weighted by molar-refractivity contribution is -0.305. The lowest BCUT2D eigenvalue weighted by Gasteiger charge is -2.02. The Balaban J connectivity index is 2.20. The fourth-order valence-corrected chi connectivity index (χ4v) is 1.41. The third kappa shape index (κ3) is 3.99. The van der Waals surface area contributed by atoms with E-state index in [1.54, 1.807) is 11.6 Å². The second-order valence-corrected chi connectivity index (χ2v) is 3.51. The molecule has 14 heavy (non-hydrogen) atoms. The van der Waals surface area contributed by atoms with Crippen molar-refractivity contribution in [3.63, 3.8) is 0 Å². The van der Waals surface area contributed by atoms with Gasteiger partial charge in [0.2, 0.25) is 5.91 Å². The van der Waals surface area contributed by atoms with E-state index in [1.165, 1.54) is 11.3 Å². The smallest absolute Gasteiger partial charge is 0.226 e. The van der Waals surface area contributed by atoms with Gasteiger partial charge in [-0.2, -0.15) is 0 Å². The number of carbonyl (C=O) groups is 2. The summed E-state index contributed by atoms with van der Waals surface area (Å²) in [4.78, 5) is 25.0. The van der Waals surface area contributed by atoms with Crippen LogP contribution >= 0.6 is 11.3 Å². The molecule has 0 aliphatic heterocycles. The number of nitrogens with zero attached hydrogens (tertiary/aromatic N) is 1. The molecule has 0 aromatic carbocycles. The van der Waals surface area contributed by atoms with Gasteiger partial charge < -0.3 is 15.2 Å². The molecule has 1 heterocycles. The molecule has 5 nitrogen and oxygen atoms in total. The first-order valence-corrected chi connectivity index (χ1v) is 4.95. The summed E-state index contributed by atoms with van der Waals surface area (Å²) in [5.41, 5.74) is 0. The van der Waals surface area contributed by atoms with Gasteiger partial charge >= 0.3 is 0 Å². The number of aromatic nitrogens is 1. The minimum Gasteiger partial charge on any atom is -0.550 e. The van der Waals surface area contributed by atoms with E-state index < -0.39 is 5.97 Å². The summed E-state index contributed by atoms with van der Waals surface area (Å²) in [5.74, 6) is -1.35. The van der Waals surface area contributed by atoms with Crippen molar-refractivity contribution in [2.24, 2.45) is 0 Å². The molecular weight excluding hydrogens is 204 g/mol. The Kier molecular flexibility index (Phi) is 4.06. The van der Waals surface area contributed by atoms with Crippen LogP contribution in [0.4, 0.5) is 5.13 Å².